The number of benzene rings is 1. The standard InChI is InChI=1S/C13H15N3O/c1-7-4-8(2)12(9(3)5-7)10-6-11(14)16-13(17)15-10/h4-6H,1-3H3,(H3,14,15,16,17). The number of nitrogens with one attached hydrogen (secondary N) is 1. The lowest BCUT2D eigenvalue weighted by Crippen LogP contribution is -2.13. The zero-order chi connectivity index (χ0) is 12.6. The van der Waals surface area contributed by atoms with E-state index in [1.165, 1.54) is 5.56 Å². The highest BCUT2D eigenvalue weighted by atomic mass is 16.1. The Morgan fingerprint density at radius 3 is 2.24 bits per heavy atom. The third kappa shape index (κ3) is 2.20. The molecule has 0 spiro atoms. The molecule has 88 valence electrons. The summed E-state index contributed by atoms with van der Waals surface area (Å²) in [6.45, 7) is 6.09. The topological polar surface area (TPSA) is 71.8 Å². The molecule has 0 amide bonds. The van der Waals surface area contributed by atoms with Gasteiger partial charge in [0.15, 0.2) is 0 Å². The first-order valence-electron chi connectivity index (χ1n) is 5.42. The van der Waals surface area contributed by atoms with E-state index in [1.807, 2.05) is 20.8 Å². The molecule has 2 aromatic rings. The summed E-state index contributed by atoms with van der Waals surface area (Å²) in [5.74, 6) is 0.239. The molecule has 1 aromatic heterocycles. The second-order valence-corrected chi connectivity index (χ2v) is 4.30. The summed E-state index contributed by atoms with van der Waals surface area (Å²) in [6.07, 6.45) is 0. The molecule has 1 aromatic carbocycles. The fraction of sp³-hybridized carbons (Fsp3) is 0.231. The molecule has 0 aliphatic heterocycles. The molecule has 3 N–H and O–H groups in total. The third-order valence-corrected chi connectivity index (χ3v) is 2.71. The molecule has 0 saturated heterocycles. The van der Waals surface area contributed by atoms with Crippen molar-refractivity contribution in [1.29, 1.82) is 0 Å². The highest BCUT2D eigenvalue weighted by Crippen LogP contribution is 2.26. The van der Waals surface area contributed by atoms with Crippen LogP contribution in [0.5, 0.6) is 0 Å². The zero-order valence-electron chi connectivity index (χ0n) is 10.2. The summed E-state index contributed by atoms with van der Waals surface area (Å²) in [4.78, 5) is 17.6. The molecule has 4 nitrogen and oxygen atoms in total. The van der Waals surface area contributed by atoms with Gasteiger partial charge in [0.1, 0.15) is 5.82 Å². The summed E-state index contributed by atoms with van der Waals surface area (Å²) in [5.41, 5.74) is 10.3. The maximum absolute atomic E-state index is 11.3. The first-order chi connectivity index (χ1) is 7.97. The summed E-state index contributed by atoms with van der Waals surface area (Å²) >= 11 is 0. The fourth-order valence-electron chi connectivity index (χ4n) is 2.22. The summed E-state index contributed by atoms with van der Waals surface area (Å²) in [7, 11) is 0. The van der Waals surface area contributed by atoms with Crippen molar-refractivity contribution in [3.05, 3.63) is 45.4 Å². The number of nitrogens with two attached hydrogens (primary N) is 1. The molecule has 0 bridgehead atoms. The lowest BCUT2D eigenvalue weighted by atomic mass is 9.97. The number of hydrogen-bond acceptors (Lipinski definition) is 3. The second kappa shape index (κ2) is 4.05. The Balaban J connectivity index is 2.72. The number of aromatic nitrogens is 2. The zero-order valence-corrected chi connectivity index (χ0v) is 10.2. The molecule has 0 unspecified atom stereocenters. The number of aromatic amines is 1. The van der Waals surface area contributed by atoms with E-state index in [-0.39, 0.29) is 5.82 Å². The molecule has 0 radical (unpaired) electrons. The molecule has 1 heterocycles. The van der Waals surface area contributed by atoms with Crippen LogP contribution in [0.1, 0.15) is 16.7 Å². The van der Waals surface area contributed by atoms with Gasteiger partial charge in [-0.3, -0.25) is 0 Å². The fourth-order valence-corrected chi connectivity index (χ4v) is 2.22. The predicted molar refractivity (Wildman–Crippen MR) is 68.9 cm³/mol. The average Bonchev–Trinajstić information content (AvgIpc) is 2.13. The van der Waals surface area contributed by atoms with Gasteiger partial charge < -0.3 is 10.7 Å². The van der Waals surface area contributed by atoms with Crippen molar-refractivity contribution in [3.8, 4) is 11.3 Å². The normalized spacial score (nSPS) is 10.5. The van der Waals surface area contributed by atoms with Crippen LogP contribution in [-0.2, 0) is 0 Å². The third-order valence-electron chi connectivity index (χ3n) is 2.71. The van der Waals surface area contributed by atoms with E-state index < -0.39 is 5.69 Å². The van der Waals surface area contributed by atoms with Crippen LogP contribution in [0.3, 0.4) is 0 Å². The minimum Gasteiger partial charge on any atom is -0.383 e. The first kappa shape index (κ1) is 11.4. The maximum Gasteiger partial charge on any atom is 0.347 e. The average molecular weight is 229 g/mol. The van der Waals surface area contributed by atoms with Crippen LogP contribution in [0.4, 0.5) is 5.82 Å². The number of nitrogen functional groups attached to an aromatic ring is 1. The molecular formula is C13H15N3O. The Morgan fingerprint density at radius 2 is 1.71 bits per heavy atom. The van der Waals surface area contributed by atoms with E-state index in [4.69, 9.17) is 5.73 Å². The Labute approximate surface area is 99.5 Å². The van der Waals surface area contributed by atoms with Crippen molar-refractivity contribution in [2.75, 3.05) is 5.73 Å². The Morgan fingerprint density at radius 1 is 1.12 bits per heavy atom. The van der Waals surface area contributed by atoms with E-state index in [1.54, 1.807) is 6.07 Å². The van der Waals surface area contributed by atoms with Gasteiger partial charge in [-0.05, 0) is 31.9 Å². The molecule has 0 fully saturated rings. The Hall–Kier alpha value is -2.10. The van der Waals surface area contributed by atoms with Gasteiger partial charge in [-0.1, -0.05) is 17.7 Å². The SMILES string of the molecule is Cc1cc(C)c(-c2cc(N)nc(=O)[nH]2)c(C)c1. The molecular weight excluding hydrogens is 214 g/mol. The van der Waals surface area contributed by atoms with Crippen LogP contribution < -0.4 is 11.4 Å². The molecule has 0 saturated carbocycles. The van der Waals surface area contributed by atoms with E-state index in [0.29, 0.717) is 0 Å². The minimum absolute atomic E-state index is 0.239. The van der Waals surface area contributed by atoms with Crippen LogP contribution in [0, 0.1) is 20.8 Å². The number of aryl methyl sites for hydroxylation is 3. The highest BCUT2D eigenvalue weighted by Gasteiger charge is 2.08. The largest absolute Gasteiger partial charge is 0.383 e. The smallest absolute Gasteiger partial charge is 0.347 e. The van der Waals surface area contributed by atoms with Crippen molar-refractivity contribution in [2.24, 2.45) is 0 Å². The van der Waals surface area contributed by atoms with Crippen molar-refractivity contribution in [1.82, 2.24) is 9.97 Å². The minimum atomic E-state index is -0.417. The number of nitrogens with zero attached hydrogens (tertiary/aromatic N) is 1. The van der Waals surface area contributed by atoms with Crippen LogP contribution in [0.2, 0.25) is 0 Å². The van der Waals surface area contributed by atoms with Gasteiger partial charge >= 0.3 is 5.69 Å². The summed E-state index contributed by atoms with van der Waals surface area (Å²) < 4.78 is 0. The number of hydrogen-bond donors (Lipinski definition) is 2. The molecule has 0 atom stereocenters. The van der Waals surface area contributed by atoms with Gasteiger partial charge in [0.05, 0.1) is 5.69 Å². The number of H-pyrrole nitrogens is 1. The quantitative estimate of drug-likeness (QED) is 0.785. The molecule has 2 rings (SSSR count). The van der Waals surface area contributed by atoms with Crippen LogP contribution in [0.15, 0.2) is 23.0 Å². The molecule has 17 heavy (non-hydrogen) atoms. The first-order valence-corrected chi connectivity index (χ1v) is 5.42. The summed E-state index contributed by atoms with van der Waals surface area (Å²) in [6, 6.07) is 5.85. The monoisotopic (exact) mass is 229 g/mol. The lowest BCUT2D eigenvalue weighted by Gasteiger charge is -2.11. The van der Waals surface area contributed by atoms with Crippen LogP contribution in [-0.4, -0.2) is 9.97 Å². The lowest BCUT2D eigenvalue weighted by molar-refractivity contribution is 1.08. The van der Waals surface area contributed by atoms with Crippen molar-refractivity contribution in [3.63, 3.8) is 0 Å². The van der Waals surface area contributed by atoms with E-state index >= 15 is 0 Å². The van der Waals surface area contributed by atoms with E-state index in [0.717, 1.165) is 22.4 Å². The van der Waals surface area contributed by atoms with Crippen LogP contribution in [0.25, 0.3) is 11.3 Å². The molecule has 4 heteroatoms. The predicted octanol–water partition coefficient (Wildman–Crippen LogP) is 1.94. The van der Waals surface area contributed by atoms with E-state index in [9.17, 15) is 4.79 Å². The highest BCUT2D eigenvalue weighted by molar-refractivity contribution is 5.69. The number of anilines is 1. The Bertz CT molecular complexity index is 606. The number of rotatable bonds is 1. The van der Waals surface area contributed by atoms with Gasteiger partial charge in [0, 0.05) is 11.6 Å². The summed E-state index contributed by atoms with van der Waals surface area (Å²) in [5, 5.41) is 0. The van der Waals surface area contributed by atoms with Gasteiger partial charge in [-0.2, -0.15) is 4.98 Å². The molecule has 0 aliphatic carbocycles. The maximum atomic E-state index is 11.3. The van der Waals surface area contributed by atoms with Crippen LogP contribution >= 0.6 is 0 Å². The van der Waals surface area contributed by atoms with Gasteiger partial charge in [-0.25, -0.2) is 4.79 Å². The van der Waals surface area contributed by atoms with Gasteiger partial charge in [0.2, 0.25) is 0 Å². The van der Waals surface area contributed by atoms with Gasteiger partial charge in [0.25, 0.3) is 0 Å². The Kier molecular flexibility index (Phi) is 2.71. The van der Waals surface area contributed by atoms with Crippen molar-refractivity contribution >= 4 is 5.82 Å². The van der Waals surface area contributed by atoms with Gasteiger partial charge in [-0.15, -0.1) is 0 Å². The van der Waals surface area contributed by atoms with Crippen molar-refractivity contribution < 1.29 is 0 Å². The van der Waals surface area contributed by atoms with E-state index in [2.05, 4.69) is 22.1 Å². The second-order valence-electron chi connectivity index (χ2n) is 4.30. The van der Waals surface area contributed by atoms with Crippen molar-refractivity contribution in [2.45, 2.75) is 20.8 Å². The molecule has 0 aliphatic rings.